The third kappa shape index (κ3) is 2.61. The summed E-state index contributed by atoms with van der Waals surface area (Å²) in [5.41, 5.74) is -0.0356. The molecule has 1 N–H and O–H groups in total. The minimum absolute atomic E-state index is 0.263. The van der Waals surface area contributed by atoms with Gasteiger partial charge in [-0.2, -0.15) is 0 Å². The van der Waals surface area contributed by atoms with E-state index >= 15 is 0 Å². The number of carbonyl (C=O) groups is 1. The summed E-state index contributed by atoms with van der Waals surface area (Å²) >= 11 is 0. The predicted molar refractivity (Wildman–Crippen MR) is 81.6 cm³/mol. The molecule has 0 spiro atoms. The van der Waals surface area contributed by atoms with Gasteiger partial charge in [0.1, 0.15) is 11.6 Å². The molecule has 0 aromatic heterocycles. The monoisotopic (exact) mass is 301 g/mol. The molecule has 2 aromatic rings. The van der Waals surface area contributed by atoms with Crippen LogP contribution in [0.5, 0.6) is 0 Å². The number of benzene rings is 2. The lowest BCUT2D eigenvalue weighted by atomic mass is 9.77. The van der Waals surface area contributed by atoms with Crippen LogP contribution in [0, 0.1) is 11.6 Å². The van der Waals surface area contributed by atoms with Crippen LogP contribution in [0.25, 0.3) is 0 Å². The highest BCUT2D eigenvalue weighted by atomic mass is 19.1. The van der Waals surface area contributed by atoms with E-state index in [-0.39, 0.29) is 11.7 Å². The number of halogens is 2. The predicted octanol–water partition coefficient (Wildman–Crippen LogP) is 4.42. The first-order valence-corrected chi connectivity index (χ1v) is 7.44. The molecular weight excluding hydrogens is 284 g/mol. The SMILES string of the molecule is O=C(Nc1cccc(F)c1)C1(c2ccccc2F)CCCC1. The molecule has 1 aliphatic rings. The molecule has 0 aliphatic heterocycles. The Kier molecular flexibility index (Phi) is 3.92. The van der Waals surface area contributed by atoms with Gasteiger partial charge in [0.25, 0.3) is 0 Å². The van der Waals surface area contributed by atoms with Crippen LogP contribution in [0.2, 0.25) is 0 Å². The molecule has 3 rings (SSSR count). The molecule has 1 amide bonds. The zero-order valence-electron chi connectivity index (χ0n) is 12.1. The summed E-state index contributed by atoms with van der Waals surface area (Å²) in [6.45, 7) is 0. The van der Waals surface area contributed by atoms with E-state index in [1.807, 2.05) is 0 Å². The molecule has 1 saturated carbocycles. The molecule has 0 unspecified atom stereocenters. The molecule has 114 valence electrons. The van der Waals surface area contributed by atoms with E-state index in [4.69, 9.17) is 0 Å². The quantitative estimate of drug-likeness (QED) is 0.893. The molecule has 2 nitrogen and oxygen atoms in total. The van der Waals surface area contributed by atoms with Gasteiger partial charge in [0.15, 0.2) is 0 Å². The number of hydrogen-bond acceptors (Lipinski definition) is 1. The van der Waals surface area contributed by atoms with E-state index in [1.54, 1.807) is 24.3 Å². The molecule has 0 heterocycles. The van der Waals surface area contributed by atoms with Gasteiger partial charge in [-0.25, -0.2) is 8.78 Å². The Bertz CT molecular complexity index is 693. The third-order valence-electron chi connectivity index (χ3n) is 4.36. The summed E-state index contributed by atoms with van der Waals surface area (Å²) in [6, 6.07) is 12.2. The molecule has 1 fully saturated rings. The second-order valence-corrected chi connectivity index (χ2v) is 5.73. The van der Waals surface area contributed by atoms with Crippen molar-refractivity contribution < 1.29 is 13.6 Å². The topological polar surface area (TPSA) is 29.1 Å². The Morgan fingerprint density at radius 1 is 1.00 bits per heavy atom. The lowest BCUT2D eigenvalue weighted by molar-refractivity contribution is -0.121. The molecule has 4 heteroatoms. The Morgan fingerprint density at radius 2 is 1.73 bits per heavy atom. The number of amides is 1. The van der Waals surface area contributed by atoms with Gasteiger partial charge in [-0.3, -0.25) is 4.79 Å². The molecule has 0 saturated heterocycles. The van der Waals surface area contributed by atoms with Crippen LogP contribution >= 0.6 is 0 Å². The largest absolute Gasteiger partial charge is 0.325 e. The maximum atomic E-state index is 14.2. The first-order chi connectivity index (χ1) is 10.6. The Balaban J connectivity index is 1.94. The number of anilines is 1. The second-order valence-electron chi connectivity index (χ2n) is 5.73. The van der Waals surface area contributed by atoms with Crippen LogP contribution in [0.1, 0.15) is 31.2 Å². The van der Waals surface area contributed by atoms with Gasteiger partial charge in [0.05, 0.1) is 5.41 Å². The van der Waals surface area contributed by atoms with E-state index in [1.165, 1.54) is 24.3 Å². The first-order valence-electron chi connectivity index (χ1n) is 7.44. The van der Waals surface area contributed by atoms with Crippen molar-refractivity contribution in [3.8, 4) is 0 Å². The van der Waals surface area contributed by atoms with Crippen molar-refractivity contribution in [3.63, 3.8) is 0 Å². The summed E-state index contributed by atoms with van der Waals surface area (Å²) in [5.74, 6) is -1.04. The fourth-order valence-electron chi connectivity index (χ4n) is 3.26. The summed E-state index contributed by atoms with van der Waals surface area (Å²) in [4.78, 5) is 12.8. The van der Waals surface area contributed by atoms with Crippen molar-refractivity contribution in [2.24, 2.45) is 0 Å². The van der Waals surface area contributed by atoms with Crippen molar-refractivity contribution in [2.45, 2.75) is 31.1 Å². The normalized spacial score (nSPS) is 16.5. The molecule has 22 heavy (non-hydrogen) atoms. The van der Waals surface area contributed by atoms with Crippen molar-refractivity contribution >= 4 is 11.6 Å². The van der Waals surface area contributed by atoms with Gasteiger partial charge in [-0.1, -0.05) is 37.1 Å². The second kappa shape index (κ2) is 5.87. The minimum Gasteiger partial charge on any atom is -0.325 e. The summed E-state index contributed by atoms with van der Waals surface area (Å²) < 4.78 is 27.5. The fourth-order valence-corrected chi connectivity index (χ4v) is 3.26. The number of rotatable bonds is 3. The Hall–Kier alpha value is -2.23. The number of nitrogens with one attached hydrogen (secondary N) is 1. The van der Waals surface area contributed by atoms with Crippen molar-refractivity contribution in [1.29, 1.82) is 0 Å². The standard InChI is InChI=1S/C18H17F2NO/c19-13-6-5-7-14(12-13)21-17(22)18(10-3-4-11-18)15-8-1-2-9-16(15)20/h1-2,5-9,12H,3-4,10-11H2,(H,21,22). The molecule has 2 aromatic carbocycles. The Labute approximate surface area is 128 Å². The van der Waals surface area contributed by atoms with E-state index in [2.05, 4.69) is 5.32 Å². The van der Waals surface area contributed by atoms with Crippen LogP contribution in [0.3, 0.4) is 0 Å². The molecule has 0 bridgehead atoms. The zero-order valence-corrected chi connectivity index (χ0v) is 12.1. The van der Waals surface area contributed by atoms with Crippen molar-refractivity contribution in [2.75, 3.05) is 5.32 Å². The van der Waals surface area contributed by atoms with Gasteiger partial charge in [-0.15, -0.1) is 0 Å². The number of carbonyl (C=O) groups excluding carboxylic acids is 1. The average Bonchev–Trinajstić information content (AvgIpc) is 2.98. The highest BCUT2D eigenvalue weighted by molar-refractivity contribution is 5.99. The zero-order chi connectivity index (χ0) is 15.6. The summed E-state index contributed by atoms with van der Waals surface area (Å²) in [6.07, 6.45) is 2.97. The van der Waals surface area contributed by atoms with Gasteiger partial charge < -0.3 is 5.32 Å². The van der Waals surface area contributed by atoms with E-state index in [0.29, 0.717) is 24.1 Å². The van der Waals surface area contributed by atoms with Crippen LogP contribution in [-0.2, 0) is 10.2 Å². The number of hydrogen-bond donors (Lipinski definition) is 1. The highest BCUT2D eigenvalue weighted by Gasteiger charge is 2.44. The van der Waals surface area contributed by atoms with Gasteiger partial charge in [0, 0.05) is 11.3 Å². The fraction of sp³-hybridized carbons (Fsp3) is 0.278. The van der Waals surface area contributed by atoms with E-state index < -0.39 is 11.2 Å². The average molecular weight is 301 g/mol. The molecular formula is C18H17F2NO. The maximum Gasteiger partial charge on any atom is 0.235 e. The third-order valence-corrected chi connectivity index (χ3v) is 4.36. The molecule has 1 aliphatic carbocycles. The van der Waals surface area contributed by atoms with Gasteiger partial charge in [-0.05, 0) is 37.1 Å². The minimum atomic E-state index is -0.863. The van der Waals surface area contributed by atoms with Gasteiger partial charge in [0.2, 0.25) is 5.91 Å². The highest BCUT2D eigenvalue weighted by Crippen LogP contribution is 2.43. The van der Waals surface area contributed by atoms with Crippen molar-refractivity contribution in [3.05, 3.63) is 65.7 Å². The maximum absolute atomic E-state index is 14.2. The van der Waals surface area contributed by atoms with Crippen molar-refractivity contribution in [1.82, 2.24) is 0 Å². The van der Waals surface area contributed by atoms with Crippen LogP contribution in [0.15, 0.2) is 48.5 Å². The molecule has 0 atom stereocenters. The molecule has 0 radical (unpaired) electrons. The Morgan fingerprint density at radius 3 is 2.41 bits per heavy atom. The van der Waals surface area contributed by atoms with E-state index in [0.717, 1.165) is 12.8 Å². The lowest BCUT2D eigenvalue weighted by Gasteiger charge is -2.28. The van der Waals surface area contributed by atoms with Gasteiger partial charge >= 0.3 is 0 Å². The smallest absolute Gasteiger partial charge is 0.235 e. The first kappa shape index (κ1) is 14.7. The lowest BCUT2D eigenvalue weighted by Crippen LogP contribution is -2.38. The van der Waals surface area contributed by atoms with Crippen LogP contribution < -0.4 is 5.32 Å². The van der Waals surface area contributed by atoms with Crippen LogP contribution in [-0.4, -0.2) is 5.91 Å². The van der Waals surface area contributed by atoms with Crippen LogP contribution in [0.4, 0.5) is 14.5 Å². The summed E-state index contributed by atoms with van der Waals surface area (Å²) in [7, 11) is 0. The van der Waals surface area contributed by atoms with E-state index in [9.17, 15) is 13.6 Å². The summed E-state index contributed by atoms with van der Waals surface area (Å²) in [5, 5.41) is 2.75.